The van der Waals surface area contributed by atoms with Gasteiger partial charge in [-0.05, 0) is 59.6 Å². The van der Waals surface area contributed by atoms with Crippen molar-refractivity contribution in [3.63, 3.8) is 0 Å². The van der Waals surface area contributed by atoms with Crippen LogP contribution in [0.1, 0.15) is 50.0 Å². The second-order valence-electron chi connectivity index (χ2n) is 6.36. The average Bonchev–Trinajstić information content (AvgIpc) is 2.22. The lowest BCUT2D eigenvalue weighted by molar-refractivity contribution is -0.128. The van der Waals surface area contributed by atoms with E-state index in [1.165, 1.54) is 0 Å². The Balaban J connectivity index is 2.68. The molecule has 3 nitrogen and oxygen atoms in total. The highest BCUT2D eigenvalue weighted by Gasteiger charge is 2.29. The first kappa shape index (κ1) is 17.9. The van der Waals surface area contributed by atoms with Crippen molar-refractivity contribution in [1.82, 2.24) is 15.3 Å². The fourth-order valence-corrected chi connectivity index (χ4v) is 2.16. The summed E-state index contributed by atoms with van der Waals surface area (Å²) >= 11 is 0. The third-order valence-corrected chi connectivity index (χ3v) is 3.08. The van der Waals surface area contributed by atoms with Gasteiger partial charge in [-0.1, -0.05) is 0 Å². The van der Waals surface area contributed by atoms with E-state index in [0.717, 1.165) is 24.9 Å². The van der Waals surface area contributed by atoms with Gasteiger partial charge in [0.05, 0.1) is 0 Å². The first-order valence-corrected chi connectivity index (χ1v) is 7.13. The van der Waals surface area contributed by atoms with Crippen molar-refractivity contribution < 1.29 is 13.2 Å². The van der Waals surface area contributed by atoms with Crippen molar-refractivity contribution in [1.29, 1.82) is 0 Å². The lowest BCUT2D eigenvalue weighted by Gasteiger charge is -2.20. The zero-order valence-electron chi connectivity index (χ0n) is 13.4. The normalized spacial score (nSPS) is 12.8. The van der Waals surface area contributed by atoms with Crippen LogP contribution in [0.5, 0.6) is 0 Å². The molecule has 1 aromatic rings. The zero-order valence-corrected chi connectivity index (χ0v) is 13.4. The minimum atomic E-state index is -4.27. The molecule has 1 rings (SSSR count). The van der Waals surface area contributed by atoms with Crippen LogP contribution in [0, 0.1) is 13.8 Å². The second kappa shape index (κ2) is 6.73. The van der Waals surface area contributed by atoms with Crippen LogP contribution in [-0.2, 0) is 12.8 Å². The van der Waals surface area contributed by atoms with Crippen molar-refractivity contribution in [2.45, 2.75) is 65.6 Å². The highest BCUT2D eigenvalue weighted by molar-refractivity contribution is 5.24. The highest BCUT2D eigenvalue weighted by Crippen LogP contribution is 2.21. The summed E-state index contributed by atoms with van der Waals surface area (Å²) in [7, 11) is 0. The van der Waals surface area contributed by atoms with Gasteiger partial charge in [0.2, 0.25) is 0 Å². The van der Waals surface area contributed by atoms with Gasteiger partial charge >= 0.3 is 6.18 Å². The van der Waals surface area contributed by atoms with E-state index in [4.69, 9.17) is 0 Å². The second-order valence-corrected chi connectivity index (χ2v) is 6.36. The molecule has 6 heteroatoms. The van der Waals surface area contributed by atoms with E-state index in [0.29, 0.717) is 11.4 Å². The number of nitrogens with zero attached hydrogens (tertiary/aromatic N) is 2. The number of hydrogen-bond donors (Lipinski definition) is 1. The van der Waals surface area contributed by atoms with Crippen molar-refractivity contribution in [2.24, 2.45) is 0 Å². The van der Waals surface area contributed by atoms with Crippen LogP contribution in [-0.4, -0.2) is 28.2 Å². The molecule has 0 fully saturated rings. The van der Waals surface area contributed by atoms with Crippen LogP contribution >= 0.6 is 0 Å². The van der Waals surface area contributed by atoms with Gasteiger partial charge in [0.15, 0.2) is 0 Å². The maximum absolute atomic E-state index is 12.4. The van der Waals surface area contributed by atoms with E-state index in [1.807, 2.05) is 0 Å². The quantitative estimate of drug-likeness (QED) is 0.846. The largest absolute Gasteiger partial charge is 0.396 e. The molecule has 0 spiro atoms. The number of aryl methyl sites for hydroxylation is 2. The minimum absolute atomic E-state index is 0.0666. The number of aromatic nitrogens is 2. The molecule has 0 aliphatic carbocycles. The van der Waals surface area contributed by atoms with E-state index in [9.17, 15) is 13.2 Å². The van der Waals surface area contributed by atoms with Gasteiger partial charge in [0.25, 0.3) is 0 Å². The predicted molar refractivity (Wildman–Crippen MR) is 77.3 cm³/mol. The highest BCUT2D eigenvalue weighted by atomic mass is 19.4. The van der Waals surface area contributed by atoms with E-state index in [2.05, 4.69) is 36.1 Å². The third kappa shape index (κ3) is 6.89. The SMILES string of the molecule is Cc1nc(CC(F)(F)F)nc(C)c1CCCNC(C)(C)C. The number of rotatable bonds is 5. The topological polar surface area (TPSA) is 37.8 Å². The first-order chi connectivity index (χ1) is 9.48. The fraction of sp³-hybridized carbons (Fsp3) is 0.733. The Bertz CT molecular complexity index is 453. The van der Waals surface area contributed by atoms with Gasteiger partial charge < -0.3 is 5.32 Å². The zero-order chi connectivity index (χ0) is 16.3. The molecule has 1 N–H and O–H groups in total. The lowest BCUT2D eigenvalue weighted by Crippen LogP contribution is -2.36. The van der Waals surface area contributed by atoms with E-state index in [-0.39, 0.29) is 11.4 Å². The van der Waals surface area contributed by atoms with Gasteiger partial charge in [0, 0.05) is 16.9 Å². The molecule has 0 bridgehead atoms. The molecule has 1 heterocycles. The molecular formula is C15H24F3N3. The van der Waals surface area contributed by atoms with E-state index in [1.54, 1.807) is 13.8 Å². The Kier molecular flexibility index (Phi) is 5.73. The van der Waals surface area contributed by atoms with Crippen LogP contribution in [0.4, 0.5) is 13.2 Å². The Morgan fingerprint density at radius 2 is 1.52 bits per heavy atom. The van der Waals surface area contributed by atoms with Crippen molar-refractivity contribution >= 4 is 0 Å². The maximum Gasteiger partial charge on any atom is 0.396 e. The molecule has 0 unspecified atom stereocenters. The molecule has 0 saturated heterocycles. The predicted octanol–water partition coefficient (Wildman–Crippen LogP) is 3.52. The molecule has 0 aliphatic heterocycles. The van der Waals surface area contributed by atoms with Crippen molar-refractivity contribution in [2.75, 3.05) is 6.54 Å². The Labute approximate surface area is 124 Å². The molecule has 0 radical (unpaired) electrons. The number of halogens is 3. The molecule has 0 aliphatic rings. The standard InChI is InChI=1S/C15H24F3N3/c1-10-12(7-6-8-19-14(3,4)5)11(2)21-13(20-10)9-15(16,17)18/h19H,6-9H2,1-5H3. The van der Waals surface area contributed by atoms with Crippen molar-refractivity contribution in [3.8, 4) is 0 Å². The molecule has 0 amide bonds. The summed E-state index contributed by atoms with van der Waals surface area (Å²) in [5.74, 6) is -0.144. The Morgan fingerprint density at radius 3 is 1.95 bits per heavy atom. The molecule has 21 heavy (non-hydrogen) atoms. The summed E-state index contributed by atoms with van der Waals surface area (Å²) in [5.41, 5.74) is 2.32. The summed E-state index contributed by atoms with van der Waals surface area (Å²) in [6.07, 6.45) is -3.66. The van der Waals surface area contributed by atoms with Crippen LogP contribution in [0.15, 0.2) is 0 Å². The first-order valence-electron chi connectivity index (χ1n) is 7.13. The van der Waals surface area contributed by atoms with E-state index >= 15 is 0 Å². The average molecular weight is 303 g/mol. The van der Waals surface area contributed by atoms with Crippen LogP contribution < -0.4 is 5.32 Å². The summed E-state index contributed by atoms with van der Waals surface area (Å²) in [6, 6.07) is 0. The molecule has 1 aromatic heterocycles. The smallest absolute Gasteiger partial charge is 0.312 e. The molecule has 0 saturated carbocycles. The van der Waals surface area contributed by atoms with Crippen molar-refractivity contribution in [3.05, 3.63) is 22.8 Å². The maximum atomic E-state index is 12.4. The van der Waals surface area contributed by atoms with Crippen LogP contribution in [0.2, 0.25) is 0 Å². The molecular weight excluding hydrogens is 279 g/mol. The Morgan fingerprint density at radius 1 is 1.00 bits per heavy atom. The number of alkyl halides is 3. The monoisotopic (exact) mass is 303 g/mol. The minimum Gasteiger partial charge on any atom is -0.312 e. The van der Waals surface area contributed by atoms with E-state index < -0.39 is 12.6 Å². The summed E-state index contributed by atoms with van der Waals surface area (Å²) in [4.78, 5) is 7.99. The van der Waals surface area contributed by atoms with Gasteiger partial charge in [0.1, 0.15) is 12.2 Å². The summed E-state index contributed by atoms with van der Waals surface area (Å²) in [6.45, 7) is 10.6. The molecule has 0 atom stereocenters. The number of nitrogens with one attached hydrogen (secondary N) is 1. The van der Waals surface area contributed by atoms with Gasteiger partial charge in [-0.15, -0.1) is 0 Å². The van der Waals surface area contributed by atoms with Crippen LogP contribution in [0.3, 0.4) is 0 Å². The third-order valence-electron chi connectivity index (χ3n) is 3.08. The van der Waals surface area contributed by atoms with Gasteiger partial charge in [-0.3, -0.25) is 0 Å². The summed E-state index contributed by atoms with van der Waals surface area (Å²) < 4.78 is 37.1. The van der Waals surface area contributed by atoms with Gasteiger partial charge in [-0.2, -0.15) is 13.2 Å². The summed E-state index contributed by atoms with van der Waals surface area (Å²) in [5, 5.41) is 3.38. The fourth-order valence-electron chi connectivity index (χ4n) is 2.16. The molecule has 120 valence electrons. The Hall–Kier alpha value is -1.17. The van der Waals surface area contributed by atoms with Gasteiger partial charge in [-0.25, -0.2) is 9.97 Å². The molecule has 0 aromatic carbocycles. The number of hydrogen-bond acceptors (Lipinski definition) is 3. The van der Waals surface area contributed by atoms with Crippen LogP contribution in [0.25, 0.3) is 0 Å². The lowest BCUT2D eigenvalue weighted by atomic mass is 10.0.